The number of hydrogen-bond donors (Lipinski definition) is 3. The Kier molecular flexibility index (Phi) is 11.4. The average molecular weight is 700 g/mol. The first-order valence-electron chi connectivity index (χ1n) is 15.8. The predicted molar refractivity (Wildman–Crippen MR) is 193 cm³/mol. The van der Waals surface area contributed by atoms with Gasteiger partial charge in [0.15, 0.2) is 0 Å². The van der Waals surface area contributed by atoms with Crippen LogP contribution in [0, 0.1) is 17.2 Å². The summed E-state index contributed by atoms with van der Waals surface area (Å²) in [5.41, 5.74) is 2.85. The molecule has 49 heavy (non-hydrogen) atoms. The number of ether oxygens (including phenoxy) is 1. The molecule has 1 unspecified atom stereocenters. The van der Waals surface area contributed by atoms with E-state index >= 15 is 0 Å². The standard InChI is InChI=1S/C38H38FN3O5S2/c1-38(2,3)25-15-18-29-31(20-25)49-36(33(29)37(46)47-4)42-32(43)22-48-28-12-8-11-27(21-28)40-35(45)30(19-23-13-16-26(39)17-14-23)41-34(44)24-9-6-5-7-10-24/h5-14,16-17,19,21,25H,15,18,20,22H2,1-4H3,(H,40,45)(H,41,44)(H,42,43)/b30-19-. The van der Waals surface area contributed by atoms with Crippen LogP contribution in [0.3, 0.4) is 0 Å². The fraction of sp³-hybridized carbons (Fsp3) is 0.263. The highest BCUT2D eigenvalue weighted by Gasteiger charge is 2.34. The van der Waals surface area contributed by atoms with Gasteiger partial charge in [-0.05, 0) is 90.3 Å². The Hall–Kier alpha value is -4.74. The van der Waals surface area contributed by atoms with Crippen LogP contribution >= 0.6 is 23.1 Å². The molecule has 0 fully saturated rings. The fourth-order valence-corrected chi connectivity index (χ4v) is 7.66. The van der Waals surface area contributed by atoms with Gasteiger partial charge in [-0.2, -0.15) is 0 Å². The van der Waals surface area contributed by atoms with Crippen molar-refractivity contribution in [3.63, 3.8) is 0 Å². The minimum Gasteiger partial charge on any atom is -0.465 e. The summed E-state index contributed by atoms with van der Waals surface area (Å²) >= 11 is 2.72. The van der Waals surface area contributed by atoms with Gasteiger partial charge in [-0.15, -0.1) is 23.1 Å². The highest BCUT2D eigenvalue weighted by molar-refractivity contribution is 8.00. The van der Waals surface area contributed by atoms with Gasteiger partial charge in [-0.25, -0.2) is 9.18 Å². The molecule has 1 aliphatic carbocycles. The summed E-state index contributed by atoms with van der Waals surface area (Å²) in [7, 11) is 1.35. The van der Waals surface area contributed by atoms with Gasteiger partial charge in [0.1, 0.15) is 16.5 Å². The van der Waals surface area contributed by atoms with E-state index in [0.717, 1.165) is 34.6 Å². The maximum absolute atomic E-state index is 13.5. The number of rotatable bonds is 10. The molecule has 11 heteroatoms. The lowest BCUT2D eigenvalue weighted by atomic mass is 9.72. The summed E-state index contributed by atoms with van der Waals surface area (Å²) in [6.07, 6.45) is 4.05. The van der Waals surface area contributed by atoms with Gasteiger partial charge in [-0.3, -0.25) is 14.4 Å². The number of benzene rings is 3. The molecule has 254 valence electrons. The van der Waals surface area contributed by atoms with Gasteiger partial charge in [0.05, 0.1) is 18.4 Å². The molecule has 0 saturated heterocycles. The lowest BCUT2D eigenvalue weighted by Gasteiger charge is -2.33. The number of thiophene rings is 1. The highest BCUT2D eigenvalue weighted by Crippen LogP contribution is 2.44. The first-order valence-corrected chi connectivity index (χ1v) is 17.6. The largest absolute Gasteiger partial charge is 0.465 e. The number of thioether (sulfide) groups is 1. The van der Waals surface area contributed by atoms with Crippen molar-refractivity contribution in [3.05, 3.63) is 118 Å². The number of hydrogen-bond acceptors (Lipinski definition) is 7. The van der Waals surface area contributed by atoms with Crippen molar-refractivity contribution in [3.8, 4) is 0 Å². The van der Waals surface area contributed by atoms with Crippen LogP contribution < -0.4 is 16.0 Å². The Morgan fingerprint density at radius 2 is 1.71 bits per heavy atom. The molecule has 0 spiro atoms. The Balaban J connectivity index is 1.26. The topological polar surface area (TPSA) is 114 Å². The van der Waals surface area contributed by atoms with Crippen LogP contribution in [0.4, 0.5) is 15.1 Å². The van der Waals surface area contributed by atoms with E-state index < -0.39 is 23.6 Å². The van der Waals surface area contributed by atoms with Crippen molar-refractivity contribution < 1.29 is 28.3 Å². The van der Waals surface area contributed by atoms with Crippen molar-refractivity contribution >= 4 is 63.6 Å². The SMILES string of the molecule is COC(=O)c1c(NC(=O)CSc2cccc(NC(=O)/C(=C/c3ccc(F)cc3)NC(=O)c3ccccc3)c2)sc2c1CCC(C(C)(C)C)C2. The third-order valence-electron chi connectivity index (χ3n) is 8.30. The first-order chi connectivity index (χ1) is 23.4. The van der Waals surface area contributed by atoms with E-state index in [1.54, 1.807) is 48.5 Å². The molecule has 0 saturated carbocycles. The van der Waals surface area contributed by atoms with E-state index in [1.165, 1.54) is 60.5 Å². The van der Waals surface area contributed by atoms with Crippen molar-refractivity contribution in [1.29, 1.82) is 0 Å². The van der Waals surface area contributed by atoms with E-state index in [1.807, 2.05) is 6.07 Å². The molecule has 8 nitrogen and oxygen atoms in total. The Bertz CT molecular complexity index is 1880. The van der Waals surface area contributed by atoms with Gasteiger partial charge in [0.2, 0.25) is 5.91 Å². The minimum absolute atomic E-state index is 0.0354. The zero-order chi connectivity index (χ0) is 35.1. The maximum Gasteiger partial charge on any atom is 0.341 e. The normalized spacial score (nSPS) is 14.4. The number of nitrogens with one attached hydrogen (secondary N) is 3. The van der Waals surface area contributed by atoms with Crippen molar-refractivity contribution in [2.45, 2.75) is 44.9 Å². The summed E-state index contributed by atoms with van der Waals surface area (Å²) in [5.74, 6) is -1.67. The van der Waals surface area contributed by atoms with Gasteiger partial charge >= 0.3 is 5.97 Å². The van der Waals surface area contributed by atoms with E-state index in [2.05, 4.69) is 36.7 Å². The number of fused-ring (bicyclic) bond motifs is 1. The number of esters is 1. The third-order valence-corrected chi connectivity index (χ3v) is 10.5. The van der Waals surface area contributed by atoms with Crippen LogP contribution in [0.15, 0.2) is 89.5 Å². The molecule has 0 aliphatic heterocycles. The second kappa shape index (κ2) is 15.7. The molecule has 0 bridgehead atoms. The second-order valence-corrected chi connectivity index (χ2v) is 14.9. The second-order valence-electron chi connectivity index (χ2n) is 12.8. The van der Waals surface area contributed by atoms with Crippen LogP contribution in [0.25, 0.3) is 6.08 Å². The zero-order valence-corrected chi connectivity index (χ0v) is 29.4. The number of anilines is 2. The van der Waals surface area contributed by atoms with Gasteiger partial charge in [0.25, 0.3) is 11.8 Å². The number of halogens is 1. The molecule has 1 aliphatic rings. The summed E-state index contributed by atoms with van der Waals surface area (Å²) in [6.45, 7) is 6.68. The Morgan fingerprint density at radius 3 is 2.41 bits per heavy atom. The molecule has 5 rings (SSSR count). The summed E-state index contributed by atoms with van der Waals surface area (Å²) in [5, 5.41) is 8.93. The Labute approximate surface area is 293 Å². The molecular formula is C38H38FN3O5S2. The van der Waals surface area contributed by atoms with Gasteiger partial charge in [0, 0.05) is 21.0 Å². The van der Waals surface area contributed by atoms with Crippen molar-refractivity contribution in [2.24, 2.45) is 11.3 Å². The molecule has 1 aromatic heterocycles. The van der Waals surface area contributed by atoms with Gasteiger partial charge in [-0.1, -0.05) is 57.2 Å². The third kappa shape index (κ3) is 9.24. The number of carbonyl (C=O) groups excluding carboxylic acids is 4. The molecule has 0 radical (unpaired) electrons. The van der Waals surface area contributed by atoms with E-state index in [4.69, 9.17) is 4.74 Å². The minimum atomic E-state index is -0.584. The number of amides is 3. The monoisotopic (exact) mass is 699 g/mol. The Morgan fingerprint density at radius 1 is 0.980 bits per heavy atom. The fourth-order valence-electron chi connectivity index (χ4n) is 5.57. The molecular weight excluding hydrogens is 662 g/mol. The average Bonchev–Trinajstić information content (AvgIpc) is 3.44. The lowest BCUT2D eigenvalue weighted by Crippen LogP contribution is -2.30. The molecule has 3 N–H and O–H groups in total. The van der Waals surface area contributed by atoms with Crippen LogP contribution in [0.2, 0.25) is 0 Å². The molecule has 1 atom stereocenters. The zero-order valence-electron chi connectivity index (χ0n) is 27.7. The quantitative estimate of drug-likeness (QED) is 0.0880. The van der Waals surface area contributed by atoms with Gasteiger partial charge < -0.3 is 20.7 Å². The molecule has 1 heterocycles. The molecule has 4 aromatic rings. The lowest BCUT2D eigenvalue weighted by molar-refractivity contribution is -0.114. The van der Waals surface area contributed by atoms with E-state index in [-0.39, 0.29) is 22.8 Å². The van der Waals surface area contributed by atoms with Crippen molar-refractivity contribution in [1.82, 2.24) is 5.32 Å². The molecule has 3 amide bonds. The van der Waals surface area contributed by atoms with E-state index in [0.29, 0.717) is 33.3 Å². The van der Waals surface area contributed by atoms with Crippen LogP contribution in [-0.4, -0.2) is 36.6 Å². The first kappa shape index (κ1) is 35.6. The highest BCUT2D eigenvalue weighted by atomic mass is 32.2. The van der Waals surface area contributed by atoms with Crippen molar-refractivity contribution in [2.75, 3.05) is 23.5 Å². The maximum atomic E-state index is 13.5. The predicted octanol–water partition coefficient (Wildman–Crippen LogP) is 7.97. The van der Waals surface area contributed by atoms with E-state index in [9.17, 15) is 23.6 Å². The smallest absolute Gasteiger partial charge is 0.341 e. The summed E-state index contributed by atoms with van der Waals surface area (Å²) < 4.78 is 18.6. The number of carbonyl (C=O) groups is 4. The molecule has 3 aromatic carbocycles. The summed E-state index contributed by atoms with van der Waals surface area (Å²) in [6, 6.07) is 21.0. The number of methoxy groups -OCH3 is 1. The summed E-state index contributed by atoms with van der Waals surface area (Å²) in [4.78, 5) is 54.1. The van der Waals surface area contributed by atoms with Crippen LogP contribution in [-0.2, 0) is 27.2 Å². The van der Waals surface area contributed by atoms with Crippen LogP contribution in [0.5, 0.6) is 0 Å². The van der Waals surface area contributed by atoms with Crippen LogP contribution in [0.1, 0.15) is 63.9 Å².